The lowest BCUT2D eigenvalue weighted by Gasteiger charge is -2.46. The van der Waals surface area contributed by atoms with Crippen LogP contribution in [0.1, 0.15) is 69.7 Å². The summed E-state index contributed by atoms with van der Waals surface area (Å²) in [6.07, 6.45) is -1.69. The van der Waals surface area contributed by atoms with E-state index in [1.807, 2.05) is 107 Å². The predicted molar refractivity (Wildman–Crippen MR) is 211 cm³/mol. The van der Waals surface area contributed by atoms with Gasteiger partial charge in [0.05, 0.1) is 51.8 Å². The molecular formula is C46H57NO8. The molecule has 0 unspecified atom stereocenters. The second-order valence-corrected chi connectivity index (χ2v) is 15.8. The molecule has 9 heteroatoms. The van der Waals surface area contributed by atoms with Crippen molar-refractivity contribution in [3.63, 3.8) is 0 Å². The molecule has 4 aromatic carbocycles. The summed E-state index contributed by atoms with van der Waals surface area (Å²) < 4.78 is 46.1. The van der Waals surface area contributed by atoms with Crippen molar-refractivity contribution in [3.8, 4) is 0 Å². The highest BCUT2D eigenvalue weighted by atomic mass is 16.6. The van der Waals surface area contributed by atoms with Gasteiger partial charge in [-0.05, 0) is 69.7 Å². The van der Waals surface area contributed by atoms with E-state index in [4.69, 9.17) is 33.2 Å². The molecule has 2 saturated heterocycles. The van der Waals surface area contributed by atoms with Crippen LogP contribution in [0.4, 0.5) is 4.79 Å². The van der Waals surface area contributed by atoms with Crippen LogP contribution in [-0.4, -0.2) is 72.1 Å². The Morgan fingerprint density at radius 2 is 1.07 bits per heavy atom. The number of ether oxygens (including phenoxy) is 7. The van der Waals surface area contributed by atoms with Crippen LogP contribution < -0.4 is 0 Å². The molecule has 1 amide bonds. The number of nitrogens with zero attached hydrogens (tertiary/aromatic N) is 1. The van der Waals surface area contributed by atoms with E-state index in [1.165, 1.54) is 0 Å². The van der Waals surface area contributed by atoms with Gasteiger partial charge in [0.15, 0.2) is 0 Å². The third-order valence-electron chi connectivity index (χ3n) is 9.93. The zero-order chi connectivity index (χ0) is 38.7. The Labute approximate surface area is 326 Å². The summed E-state index contributed by atoms with van der Waals surface area (Å²) in [7, 11) is 0. The number of hydrogen-bond acceptors (Lipinski definition) is 8. The quantitative estimate of drug-likeness (QED) is 0.112. The average molecular weight is 752 g/mol. The Bertz CT molecular complexity index is 1720. The zero-order valence-electron chi connectivity index (χ0n) is 32.9. The van der Waals surface area contributed by atoms with Crippen molar-refractivity contribution in [1.82, 2.24) is 4.90 Å². The molecule has 55 heavy (non-hydrogen) atoms. The molecule has 2 aliphatic rings. The van der Waals surface area contributed by atoms with E-state index in [0.717, 1.165) is 22.3 Å². The monoisotopic (exact) mass is 751 g/mol. The lowest BCUT2D eigenvalue weighted by atomic mass is 9.90. The average Bonchev–Trinajstić information content (AvgIpc) is 3.49. The van der Waals surface area contributed by atoms with Crippen molar-refractivity contribution in [2.24, 2.45) is 0 Å². The second-order valence-electron chi connectivity index (χ2n) is 15.8. The fourth-order valence-corrected chi connectivity index (χ4v) is 7.25. The van der Waals surface area contributed by atoms with Crippen LogP contribution in [0, 0.1) is 0 Å². The molecule has 6 rings (SSSR count). The first-order valence-electron chi connectivity index (χ1n) is 19.5. The fourth-order valence-electron chi connectivity index (χ4n) is 7.25. The molecule has 0 aromatic heterocycles. The van der Waals surface area contributed by atoms with E-state index in [-0.39, 0.29) is 12.6 Å². The summed E-state index contributed by atoms with van der Waals surface area (Å²) in [5.41, 5.74) is 2.74. The van der Waals surface area contributed by atoms with Crippen LogP contribution in [0.5, 0.6) is 0 Å². The first kappa shape index (κ1) is 40.6. The van der Waals surface area contributed by atoms with E-state index >= 15 is 0 Å². The molecule has 4 aromatic rings. The normalized spacial score (nSPS) is 23.8. The Balaban J connectivity index is 1.31. The summed E-state index contributed by atoms with van der Waals surface area (Å²) in [6.45, 7) is 11.6. The van der Waals surface area contributed by atoms with Crippen molar-refractivity contribution >= 4 is 6.09 Å². The van der Waals surface area contributed by atoms with Crippen molar-refractivity contribution in [2.75, 3.05) is 13.2 Å². The third kappa shape index (κ3) is 11.7. The first-order valence-corrected chi connectivity index (χ1v) is 19.5. The number of benzene rings is 4. The Hall–Kier alpha value is -4.09. The molecule has 0 saturated carbocycles. The number of rotatable bonds is 16. The van der Waals surface area contributed by atoms with Gasteiger partial charge in [-0.25, -0.2) is 4.79 Å². The number of carbonyl (C=O) groups excluding carboxylic acids is 1. The molecular weight excluding hydrogens is 695 g/mol. The molecule has 2 heterocycles. The fraction of sp³-hybridized carbons (Fsp3) is 0.457. The molecule has 6 atom stereocenters. The van der Waals surface area contributed by atoms with Gasteiger partial charge < -0.3 is 33.2 Å². The summed E-state index contributed by atoms with van der Waals surface area (Å²) in [5, 5.41) is 0. The molecule has 0 N–H and O–H groups in total. The molecule has 0 spiro atoms. The molecule has 0 bridgehead atoms. The van der Waals surface area contributed by atoms with Gasteiger partial charge in [-0.3, -0.25) is 4.90 Å². The van der Waals surface area contributed by atoms with Gasteiger partial charge in [-0.1, -0.05) is 121 Å². The standard InChI is InChI=1S/C46H57NO8/c1-45(2,3)55-44(48)47-38(32-53-46(47,4)5)26-27-39-41(50-29-35-20-12-7-13-21-35)43(52-31-37-24-16-9-17-25-37)42(51-30-36-22-14-8-15-23-36)40(54-39)33-49-28-34-18-10-6-11-19-34/h6-25,38-43H,26-33H2,1-5H3/t38-,39-,40+,41-,42-,43+/m0/s1. The number of hydrogen-bond donors (Lipinski definition) is 0. The van der Waals surface area contributed by atoms with E-state index < -0.39 is 47.9 Å². The number of carbonyl (C=O) groups is 1. The van der Waals surface area contributed by atoms with Crippen LogP contribution in [-0.2, 0) is 59.6 Å². The summed E-state index contributed by atoms with van der Waals surface area (Å²) in [5.74, 6) is 0. The minimum Gasteiger partial charge on any atom is -0.444 e. The van der Waals surface area contributed by atoms with Crippen molar-refractivity contribution < 1.29 is 38.0 Å². The molecule has 0 aliphatic carbocycles. The van der Waals surface area contributed by atoms with Crippen LogP contribution in [0.3, 0.4) is 0 Å². The van der Waals surface area contributed by atoms with Gasteiger partial charge >= 0.3 is 6.09 Å². The van der Waals surface area contributed by atoms with Crippen molar-refractivity contribution in [3.05, 3.63) is 144 Å². The highest BCUT2D eigenvalue weighted by molar-refractivity contribution is 5.69. The van der Waals surface area contributed by atoms with Crippen molar-refractivity contribution in [2.45, 2.75) is 122 Å². The second kappa shape index (κ2) is 19.2. The van der Waals surface area contributed by atoms with Crippen LogP contribution in [0.2, 0.25) is 0 Å². The summed E-state index contributed by atoms with van der Waals surface area (Å²) in [6, 6.07) is 40.3. The minimum absolute atomic E-state index is 0.230. The largest absolute Gasteiger partial charge is 0.444 e. The SMILES string of the molecule is CC(C)(C)OC(=O)N1[C@@H](CC[C@@H]2O[C@H](COCc3ccccc3)[C@H](OCc3ccccc3)[C@H](OCc3ccccc3)[C@H]2OCc2ccccc2)COC1(C)C. The van der Waals surface area contributed by atoms with E-state index in [9.17, 15) is 4.79 Å². The number of amides is 1. The van der Waals surface area contributed by atoms with Gasteiger partial charge in [0.1, 0.15) is 35.7 Å². The molecule has 0 radical (unpaired) electrons. The Kier molecular flexibility index (Phi) is 14.1. The lowest BCUT2D eigenvalue weighted by Crippen LogP contribution is -2.61. The third-order valence-corrected chi connectivity index (χ3v) is 9.93. The maximum atomic E-state index is 13.6. The summed E-state index contributed by atoms with van der Waals surface area (Å²) >= 11 is 0. The topological polar surface area (TPSA) is 84.9 Å². The van der Waals surface area contributed by atoms with Crippen LogP contribution in [0.25, 0.3) is 0 Å². The van der Waals surface area contributed by atoms with Crippen molar-refractivity contribution in [1.29, 1.82) is 0 Å². The zero-order valence-corrected chi connectivity index (χ0v) is 32.9. The van der Waals surface area contributed by atoms with Gasteiger partial charge in [-0.15, -0.1) is 0 Å². The highest BCUT2D eigenvalue weighted by Crippen LogP contribution is 2.36. The molecule has 9 nitrogen and oxygen atoms in total. The molecule has 2 aliphatic heterocycles. The first-order chi connectivity index (χ1) is 26.6. The van der Waals surface area contributed by atoms with Crippen LogP contribution >= 0.6 is 0 Å². The maximum Gasteiger partial charge on any atom is 0.412 e. The molecule has 294 valence electrons. The van der Waals surface area contributed by atoms with Gasteiger partial charge in [0.2, 0.25) is 0 Å². The van der Waals surface area contributed by atoms with Crippen LogP contribution in [0.15, 0.2) is 121 Å². The van der Waals surface area contributed by atoms with E-state index in [0.29, 0.717) is 45.9 Å². The Morgan fingerprint density at radius 1 is 0.636 bits per heavy atom. The van der Waals surface area contributed by atoms with E-state index in [2.05, 4.69) is 48.5 Å². The van der Waals surface area contributed by atoms with E-state index in [1.54, 1.807) is 4.90 Å². The summed E-state index contributed by atoms with van der Waals surface area (Å²) in [4.78, 5) is 15.3. The predicted octanol–water partition coefficient (Wildman–Crippen LogP) is 8.88. The van der Waals surface area contributed by atoms with Gasteiger partial charge in [-0.2, -0.15) is 0 Å². The molecule has 2 fully saturated rings. The Morgan fingerprint density at radius 3 is 1.55 bits per heavy atom. The maximum absolute atomic E-state index is 13.6. The smallest absolute Gasteiger partial charge is 0.412 e. The highest BCUT2D eigenvalue weighted by Gasteiger charge is 2.50. The minimum atomic E-state index is -0.824. The lowest BCUT2D eigenvalue weighted by molar-refractivity contribution is -0.274. The van der Waals surface area contributed by atoms with Gasteiger partial charge in [0, 0.05) is 0 Å². The van der Waals surface area contributed by atoms with Gasteiger partial charge in [0.25, 0.3) is 0 Å².